The van der Waals surface area contributed by atoms with E-state index in [1.54, 1.807) is 0 Å². The van der Waals surface area contributed by atoms with E-state index in [0.29, 0.717) is 19.3 Å². The molecule has 1 aliphatic rings. The fraction of sp³-hybridized carbons (Fsp3) is 0.739. The highest BCUT2D eigenvalue weighted by Gasteiger charge is 2.28. The first-order valence-corrected chi connectivity index (χ1v) is 10.7. The second-order valence-corrected chi connectivity index (χ2v) is 7.59. The average molecular weight is 392 g/mol. The van der Waals surface area contributed by atoms with Crippen molar-refractivity contribution in [3.63, 3.8) is 0 Å². The lowest BCUT2D eigenvalue weighted by Gasteiger charge is -2.23. The molecule has 28 heavy (non-hydrogen) atoms. The third-order valence-electron chi connectivity index (χ3n) is 5.17. The maximum absolute atomic E-state index is 12.2. The van der Waals surface area contributed by atoms with Crippen molar-refractivity contribution < 1.29 is 19.4 Å². The highest BCUT2D eigenvalue weighted by atomic mass is 16.5. The number of aliphatic hydroxyl groups excluding tert-OH is 1. The third-order valence-corrected chi connectivity index (χ3v) is 5.17. The number of ether oxygens (including phenoxy) is 1. The minimum Gasteiger partial charge on any atom is -0.469 e. The molecule has 1 N–H and O–H groups in total. The molecular formula is C23H37NO4. The van der Waals surface area contributed by atoms with Crippen molar-refractivity contribution in [2.24, 2.45) is 5.92 Å². The van der Waals surface area contributed by atoms with Gasteiger partial charge in [0.1, 0.15) is 0 Å². The number of esters is 1. The Morgan fingerprint density at radius 1 is 1.32 bits per heavy atom. The SMILES string of the molecule is CCCC#CCC(C)[C@@H](O)/C=C/[C@H]1CCC(=O)N1CCCCCCC(=O)OC. The van der Waals surface area contributed by atoms with E-state index >= 15 is 0 Å². The fourth-order valence-corrected chi connectivity index (χ4v) is 3.25. The summed E-state index contributed by atoms with van der Waals surface area (Å²) < 4.78 is 4.63. The first-order valence-electron chi connectivity index (χ1n) is 10.7. The van der Waals surface area contributed by atoms with Crippen LogP contribution in [-0.4, -0.2) is 47.7 Å². The Balaban J connectivity index is 2.36. The molecule has 0 aliphatic carbocycles. The lowest BCUT2D eigenvalue weighted by atomic mass is 9.99. The molecule has 5 nitrogen and oxygen atoms in total. The first kappa shape index (κ1) is 24.2. The zero-order valence-electron chi connectivity index (χ0n) is 17.8. The van der Waals surface area contributed by atoms with Crippen molar-refractivity contribution >= 4 is 11.9 Å². The Morgan fingerprint density at radius 2 is 2.07 bits per heavy atom. The van der Waals surface area contributed by atoms with E-state index in [-0.39, 0.29) is 23.8 Å². The zero-order valence-corrected chi connectivity index (χ0v) is 17.8. The number of aliphatic hydroxyl groups is 1. The average Bonchev–Trinajstić information content (AvgIpc) is 3.05. The van der Waals surface area contributed by atoms with Gasteiger partial charge in [0.25, 0.3) is 0 Å². The molecule has 1 fully saturated rings. The van der Waals surface area contributed by atoms with Gasteiger partial charge in [0.15, 0.2) is 0 Å². The van der Waals surface area contributed by atoms with Crippen molar-refractivity contribution in [2.75, 3.05) is 13.7 Å². The summed E-state index contributed by atoms with van der Waals surface area (Å²) in [7, 11) is 1.41. The number of hydrogen-bond acceptors (Lipinski definition) is 4. The van der Waals surface area contributed by atoms with Crippen LogP contribution >= 0.6 is 0 Å². The molecule has 3 atom stereocenters. The molecule has 0 saturated carbocycles. The second-order valence-electron chi connectivity index (χ2n) is 7.59. The standard InChI is InChI=1S/C23H37NO4/c1-4-5-6-9-12-19(2)21(25)16-14-20-15-17-22(26)24(20)18-11-8-7-10-13-23(27)28-3/h14,16,19-21,25H,4-5,7-8,10-13,15,17-18H2,1-3H3/b16-14+/t19?,20-,21-/m0/s1. The zero-order chi connectivity index (χ0) is 20.8. The van der Waals surface area contributed by atoms with Gasteiger partial charge in [0.2, 0.25) is 5.91 Å². The van der Waals surface area contributed by atoms with E-state index < -0.39 is 6.10 Å². The van der Waals surface area contributed by atoms with Gasteiger partial charge in [-0.15, -0.1) is 11.8 Å². The monoisotopic (exact) mass is 391 g/mol. The number of carbonyl (C=O) groups is 2. The van der Waals surface area contributed by atoms with Crippen molar-refractivity contribution in [3.05, 3.63) is 12.2 Å². The maximum Gasteiger partial charge on any atom is 0.305 e. The molecule has 0 radical (unpaired) electrons. The van der Waals surface area contributed by atoms with Crippen LogP contribution in [0.15, 0.2) is 12.2 Å². The summed E-state index contributed by atoms with van der Waals surface area (Å²) in [6, 6.07) is 0.0793. The predicted octanol–water partition coefficient (Wildman–Crippen LogP) is 3.85. The number of likely N-dealkylation sites (tertiary alicyclic amines) is 1. The van der Waals surface area contributed by atoms with Gasteiger partial charge in [-0.05, 0) is 31.6 Å². The molecule has 1 saturated heterocycles. The number of nitrogens with zero attached hydrogens (tertiary/aromatic N) is 1. The Bertz CT molecular complexity index is 561. The van der Waals surface area contributed by atoms with Crippen molar-refractivity contribution in [1.29, 1.82) is 0 Å². The number of rotatable bonds is 12. The number of hydrogen-bond donors (Lipinski definition) is 1. The molecule has 1 unspecified atom stereocenters. The summed E-state index contributed by atoms with van der Waals surface area (Å²) >= 11 is 0. The van der Waals surface area contributed by atoms with E-state index in [9.17, 15) is 14.7 Å². The molecule has 0 aromatic rings. The molecule has 5 heteroatoms. The summed E-state index contributed by atoms with van der Waals surface area (Å²) in [6.07, 6.45) is 11.5. The lowest BCUT2D eigenvalue weighted by Crippen LogP contribution is -2.33. The Morgan fingerprint density at radius 3 is 2.79 bits per heavy atom. The number of unbranched alkanes of at least 4 members (excludes halogenated alkanes) is 4. The molecule has 1 aliphatic heterocycles. The highest BCUT2D eigenvalue weighted by molar-refractivity contribution is 5.79. The van der Waals surface area contributed by atoms with Gasteiger partial charge < -0.3 is 14.7 Å². The van der Waals surface area contributed by atoms with Crippen LogP contribution in [0.3, 0.4) is 0 Å². The smallest absolute Gasteiger partial charge is 0.305 e. The molecule has 1 rings (SSSR count). The van der Waals surface area contributed by atoms with E-state index in [0.717, 1.165) is 51.5 Å². The lowest BCUT2D eigenvalue weighted by molar-refractivity contribution is -0.140. The Hall–Kier alpha value is -1.80. The van der Waals surface area contributed by atoms with Crippen LogP contribution in [0.1, 0.15) is 78.1 Å². The minimum absolute atomic E-state index is 0.0793. The highest BCUT2D eigenvalue weighted by Crippen LogP contribution is 2.22. The van der Waals surface area contributed by atoms with E-state index in [1.165, 1.54) is 7.11 Å². The molecule has 158 valence electrons. The molecule has 1 heterocycles. The van der Waals surface area contributed by atoms with Crippen molar-refractivity contribution in [3.8, 4) is 11.8 Å². The fourth-order valence-electron chi connectivity index (χ4n) is 3.25. The Kier molecular flexibility index (Phi) is 12.3. The summed E-state index contributed by atoms with van der Waals surface area (Å²) in [6.45, 7) is 4.84. The van der Waals surface area contributed by atoms with Crippen LogP contribution in [0.5, 0.6) is 0 Å². The van der Waals surface area contributed by atoms with E-state index in [4.69, 9.17) is 0 Å². The van der Waals surface area contributed by atoms with Crippen LogP contribution in [-0.2, 0) is 14.3 Å². The Labute approximate surface area is 170 Å². The summed E-state index contributed by atoms with van der Waals surface area (Å²) in [5, 5.41) is 10.3. The van der Waals surface area contributed by atoms with E-state index in [2.05, 4.69) is 23.5 Å². The first-order chi connectivity index (χ1) is 13.5. The number of carbonyl (C=O) groups excluding carboxylic acids is 2. The predicted molar refractivity (Wildman–Crippen MR) is 111 cm³/mol. The van der Waals surface area contributed by atoms with E-state index in [1.807, 2.05) is 24.0 Å². The van der Waals surface area contributed by atoms with Crippen LogP contribution in [0.25, 0.3) is 0 Å². The maximum atomic E-state index is 12.2. The van der Waals surface area contributed by atoms with Crippen LogP contribution in [0.4, 0.5) is 0 Å². The van der Waals surface area contributed by atoms with Gasteiger partial charge in [0.05, 0.1) is 19.3 Å². The van der Waals surface area contributed by atoms with Crippen LogP contribution in [0, 0.1) is 17.8 Å². The largest absolute Gasteiger partial charge is 0.469 e. The quantitative estimate of drug-likeness (QED) is 0.237. The number of methoxy groups -OCH3 is 1. The molecule has 1 amide bonds. The summed E-state index contributed by atoms with van der Waals surface area (Å²) in [4.78, 5) is 25.2. The van der Waals surface area contributed by atoms with Gasteiger partial charge in [-0.25, -0.2) is 0 Å². The molecule has 0 spiro atoms. The normalized spacial score (nSPS) is 18.8. The molecule has 0 aromatic heterocycles. The van der Waals surface area contributed by atoms with Gasteiger partial charge in [-0.3, -0.25) is 9.59 Å². The molecular weight excluding hydrogens is 354 g/mol. The van der Waals surface area contributed by atoms with Crippen molar-refractivity contribution in [1.82, 2.24) is 4.90 Å². The third kappa shape index (κ3) is 9.41. The van der Waals surface area contributed by atoms with Gasteiger partial charge in [0, 0.05) is 32.2 Å². The topological polar surface area (TPSA) is 66.8 Å². The van der Waals surface area contributed by atoms with Gasteiger partial charge in [-0.1, -0.05) is 38.8 Å². The van der Waals surface area contributed by atoms with Crippen LogP contribution < -0.4 is 0 Å². The van der Waals surface area contributed by atoms with Gasteiger partial charge in [-0.2, -0.15) is 0 Å². The molecule has 0 aromatic carbocycles. The summed E-state index contributed by atoms with van der Waals surface area (Å²) in [5.41, 5.74) is 0. The van der Waals surface area contributed by atoms with Gasteiger partial charge >= 0.3 is 5.97 Å². The van der Waals surface area contributed by atoms with Crippen molar-refractivity contribution in [2.45, 2.75) is 90.2 Å². The summed E-state index contributed by atoms with van der Waals surface area (Å²) in [5.74, 6) is 6.36. The molecule has 0 bridgehead atoms. The second kappa shape index (κ2) is 14.2. The van der Waals surface area contributed by atoms with Crippen LogP contribution in [0.2, 0.25) is 0 Å². The number of amides is 1. The minimum atomic E-state index is -0.535.